The van der Waals surface area contributed by atoms with Crippen molar-refractivity contribution in [2.24, 2.45) is 9.98 Å². The number of nitrogens with zero attached hydrogens (tertiary/aromatic N) is 3. The highest BCUT2D eigenvalue weighted by Gasteiger charge is 1.97. The normalized spacial score (nSPS) is 9.43. The highest BCUT2D eigenvalue weighted by Crippen LogP contribution is 1.88. The Hall–Kier alpha value is -1.19. The summed E-state index contributed by atoms with van der Waals surface area (Å²) in [7, 11) is 3.93. The molecule has 14 heavy (non-hydrogen) atoms. The Labute approximate surface area is 84.5 Å². The fraction of sp³-hybridized carbons (Fsp3) is 0.778. The highest BCUT2D eigenvalue weighted by atomic mass is 16.5. The number of ether oxygens (including phenoxy) is 1. The highest BCUT2D eigenvalue weighted by molar-refractivity contribution is 5.75. The van der Waals surface area contributed by atoms with E-state index in [2.05, 4.69) is 16.0 Å². The Morgan fingerprint density at radius 3 is 2.79 bits per heavy atom. The van der Waals surface area contributed by atoms with Gasteiger partial charge in [-0.1, -0.05) is 0 Å². The molecule has 0 bridgehead atoms. The molecule has 0 aliphatic rings. The zero-order chi connectivity index (χ0) is 10.8. The minimum Gasteiger partial charge on any atom is -0.447 e. The lowest BCUT2D eigenvalue weighted by atomic mass is 10.4. The number of rotatable bonds is 5. The zero-order valence-electron chi connectivity index (χ0n) is 8.99. The SMILES string of the molecule is CCN=C=NC(=O)OCCCN(C)C. The fourth-order valence-corrected chi connectivity index (χ4v) is 0.719. The van der Waals surface area contributed by atoms with E-state index in [-0.39, 0.29) is 0 Å². The lowest BCUT2D eigenvalue weighted by Crippen LogP contribution is -2.15. The van der Waals surface area contributed by atoms with Crippen LogP contribution in [0.3, 0.4) is 0 Å². The predicted octanol–water partition coefficient (Wildman–Crippen LogP) is 1.27. The van der Waals surface area contributed by atoms with E-state index in [0.29, 0.717) is 13.2 Å². The van der Waals surface area contributed by atoms with Gasteiger partial charge in [0.15, 0.2) is 0 Å². The molecule has 0 aromatic rings. The van der Waals surface area contributed by atoms with Gasteiger partial charge in [-0.15, -0.1) is 4.99 Å². The largest absolute Gasteiger partial charge is 0.447 e. The van der Waals surface area contributed by atoms with Crippen LogP contribution in [0.25, 0.3) is 0 Å². The molecule has 5 nitrogen and oxygen atoms in total. The van der Waals surface area contributed by atoms with Crippen LogP contribution in [0, 0.1) is 0 Å². The van der Waals surface area contributed by atoms with Crippen LogP contribution in [-0.2, 0) is 4.74 Å². The molecule has 0 saturated carbocycles. The summed E-state index contributed by atoms with van der Waals surface area (Å²) >= 11 is 0. The van der Waals surface area contributed by atoms with Gasteiger partial charge in [0.25, 0.3) is 0 Å². The van der Waals surface area contributed by atoms with Crippen LogP contribution in [0.2, 0.25) is 0 Å². The van der Waals surface area contributed by atoms with Crippen LogP contribution >= 0.6 is 0 Å². The third-order valence-corrected chi connectivity index (χ3v) is 1.35. The van der Waals surface area contributed by atoms with Gasteiger partial charge < -0.3 is 9.64 Å². The molecule has 0 unspecified atom stereocenters. The first-order chi connectivity index (χ1) is 6.66. The molecule has 0 aliphatic heterocycles. The van der Waals surface area contributed by atoms with Crippen molar-refractivity contribution in [2.75, 3.05) is 33.8 Å². The molecule has 0 rings (SSSR count). The van der Waals surface area contributed by atoms with Crippen LogP contribution in [0.4, 0.5) is 4.79 Å². The van der Waals surface area contributed by atoms with Gasteiger partial charge in [-0.3, -0.25) is 0 Å². The van der Waals surface area contributed by atoms with E-state index in [4.69, 9.17) is 4.74 Å². The summed E-state index contributed by atoms with van der Waals surface area (Å²) in [6.45, 7) is 3.68. The molecule has 0 fully saturated rings. The molecule has 0 aromatic heterocycles. The van der Waals surface area contributed by atoms with Crippen LogP contribution in [0.5, 0.6) is 0 Å². The summed E-state index contributed by atoms with van der Waals surface area (Å²) < 4.78 is 4.78. The Balaban J connectivity index is 3.50. The summed E-state index contributed by atoms with van der Waals surface area (Å²) in [5.41, 5.74) is 0. The Morgan fingerprint density at radius 1 is 1.50 bits per heavy atom. The molecule has 0 atom stereocenters. The molecule has 80 valence electrons. The second-order valence-corrected chi connectivity index (χ2v) is 2.96. The van der Waals surface area contributed by atoms with Crippen molar-refractivity contribution in [1.29, 1.82) is 0 Å². The molecule has 1 amide bonds. The predicted molar refractivity (Wildman–Crippen MR) is 54.9 cm³/mol. The average molecular weight is 199 g/mol. The molecule has 0 aliphatic carbocycles. The van der Waals surface area contributed by atoms with E-state index in [1.807, 2.05) is 25.9 Å². The summed E-state index contributed by atoms with van der Waals surface area (Å²) in [6, 6.07) is 2.25. The van der Waals surface area contributed by atoms with E-state index in [9.17, 15) is 4.79 Å². The Kier molecular flexibility index (Phi) is 7.70. The van der Waals surface area contributed by atoms with E-state index in [0.717, 1.165) is 13.0 Å². The maximum atomic E-state index is 10.8. The van der Waals surface area contributed by atoms with Gasteiger partial charge in [0.05, 0.1) is 6.61 Å². The van der Waals surface area contributed by atoms with E-state index < -0.39 is 6.09 Å². The lowest BCUT2D eigenvalue weighted by Gasteiger charge is -2.07. The van der Waals surface area contributed by atoms with Crippen molar-refractivity contribution < 1.29 is 9.53 Å². The van der Waals surface area contributed by atoms with Crippen molar-refractivity contribution >= 4 is 12.1 Å². The Morgan fingerprint density at radius 2 is 2.21 bits per heavy atom. The number of carbonyl (C=O) groups is 1. The minimum absolute atomic E-state index is 0.383. The maximum Gasteiger partial charge on any atom is 0.443 e. The summed E-state index contributed by atoms with van der Waals surface area (Å²) in [4.78, 5) is 19.8. The number of carbonyl (C=O) groups excluding carboxylic acids is 1. The van der Waals surface area contributed by atoms with Crippen molar-refractivity contribution in [1.82, 2.24) is 4.90 Å². The van der Waals surface area contributed by atoms with Crippen LogP contribution in [-0.4, -0.2) is 50.8 Å². The summed E-state index contributed by atoms with van der Waals surface area (Å²) in [6.07, 6.45) is 0.181. The van der Waals surface area contributed by atoms with Gasteiger partial charge in [-0.05, 0) is 27.4 Å². The third kappa shape index (κ3) is 8.90. The van der Waals surface area contributed by atoms with Crippen molar-refractivity contribution in [3.05, 3.63) is 0 Å². The monoisotopic (exact) mass is 199 g/mol. The number of amides is 1. The molecule has 0 saturated heterocycles. The first kappa shape index (κ1) is 12.8. The van der Waals surface area contributed by atoms with Gasteiger partial charge in [0.1, 0.15) is 6.01 Å². The molecule has 0 N–H and O–H groups in total. The van der Waals surface area contributed by atoms with Gasteiger partial charge in [-0.2, -0.15) is 0 Å². The Bertz CT molecular complexity index is 220. The fourth-order valence-electron chi connectivity index (χ4n) is 0.719. The van der Waals surface area contributed by atoms with E-state index in [1.165, 1.54) is 0 Å². The topological polar surface area (TPSA) is 54.3 Å². The number of hydrogen-bond donors (Lipinski definition) is 0. The maximum absolute atomic E-state index is 10.8. The summed E-state index contributed by atoms with van der Waals surface area (Å²) in [5, 5.41) is 0. The second-order valence-electron chi connectivity index (χ2n) is 2.96. The quantitative estimate of drug-likeness (QED) is 0.495. The van der Waals surface area contributed by atoms with Crippen molar-refractivity contribution in [3.63, 3.8) is 0 Å². The molecule has 0 heterocycles. The first-order valence-electron chi connectivity index (χ1n) is 4.60. The molecular weight excluding hydrogens is 182 g/mol. The third-order valence-electron chi connectivity index (χ3n) is 1.35. The summed E-state index contributed by atoms with van der Waals surface area (Å²) in [5.74, 6) is 0. The zero-order valence-corrected chi connectivity index (χ0v) is 8.99. The molecular formula is C9H17N3O2. The molecule has 0 spiro atoms. The lowest BCUT2D eigenvalue weighted by molar-refractivity contribution is 0.152. The standard InChI is InChI=1S/C9H17N3O2/c1-4-10-8-11-9(13)14-7-5-6-12(2)3/h4-7H2,1-3H3. The molecule has 0 radical (unpaired) electrons. The van der Waals surface area contributed by atoms with E-state index >= 15 is 0 Å². The van der Waals surface area contributed by atoms with E-state index in [1.54, 1.807) is 0 Å². The second kappa shape index (κ2) is 8.41. The van der Waals surface area contributed by atoms with Crippen LogP contribution in [0.1, 0.15) is 13.3 Å². The average Bonchev–Trinajstić information content (AvgIpc) is 2.13. The molecule has 5 heteroatoms. The smallest absolute Gasteiger partial charge is 0.443 e. The van der Waals surface area contributed by atoms with Gasteiger partial charge >= 0.3 is 6.09 Å². The number of hydrogen-bond acceptors (Lipinski definition) is 4. The van der Waals surface area contributed by atoms with Gasteiger partial charge in [0, 0.05) is 13.1 Å². The van der Waals surface area contributed by atoms with Crippen molar-refractivity contribution in [2.45, 2.75) is 13.3 Å². The minimum atomic E-state index is -0.624. The number of aliphatic imine (C=N–C) groups is 2. The van der Waals surface area contributed by atoms with Crippen LogP contribution in [0.15, 0.2) is 9.98 Å². The van der Waals surface area contributed by atoms with Gasteiger partial charge in [0.2, 0.25) is 0 Å². The molecule has 0 aromatic carbocycles. The van der Waals surface area contributed by atoms with Crippen molar-refractivity contribution in [3.8, 4) is 0 Å². The van der Waals surface area contributed by atoms with Gasteiger partial charge in [-0.25, -0.2) is 9.79 Å². The van der Waals surface area contributed by atoms with Crippen LogP contribution < -0.4 is 0 Å². The first-order valence-corrected chi connectivity index (χ1v) is 4.60.